The molecule has 208 valence electrons. The van der Waals surface area contributed by atoms with Crippen molar-refractivity contribution in [2.24, 2.45) is 7.05 Å². The maximum atomic E-state index is 13.2. The van der Waals surface area contributed by atoms with E-state index in [-0.39, 0.29) is 29.6 Å². The van der Waals surface area contributed by atoms with E-state index < -0.39 is 0 Å². The van der Waals surface area contributed by atoms with Crippen LogP contribution in [-0.4, -0.2) is 66.0 Å². The predicted octanol–water partition coefficient (Wildman–Crippen LogP) is 3.36. The number of hydrogen-bond acceptors (Lipinski definition) is 9. The highest BCUT2D eigenvalue weighted by atomic mass is 16.3. The van der Waals surface area contributed by atoms with E-state index in [0.29, 0.717) is 34.1 Å². The molecule has 0 saturated carbocycles. The first-order valence-electron chi connectivity index (χ1n) is 13.4. The number of aromatic nitrogens is 6. The van der Waals surface area contributed by atoms with Crippen molar-refractivity contribution in [1.82, 2.24) is 40.4 Å². The number of nitrogens with one attached hydrogen (secondary N) is 2. The van der Waals surface area contributed by atoms with Gasteiger partial charge in [0.05, 0.1) is 13.1 Å². The van der Waals surface area contributed by atoms with Crippen LogP contribution in [0.5, 0.6) is 0 Å². The van der Waals surface area contributed by atoms with Gasteiger partial charge in [-0.2, -0.15) is 4.80 Å². The van der Waals surface area contributed by atoms with Crippen LogP contribution in [0, 0.1) is 0 Å². The van der Waals surface area contributed by atoms with Gasteiger partial charge in [0.2, 0.25) is 11.8 Å². The van der Waals surface area contributed by atoms with Gasteiger partial charge in [0.25, 0.3) is 5.91 Å². The number of oxazole rings is 1. The fourth-order valence-corrected chi connectivity index (χ4v) is 5.15. The number of hydrogen-bond donors (Lipinski definition) is 2. The maximum Gasteiger partial charge on any atom is 0.270 e. The number of likely N-dealkylation sites (tertiary alicyclic amines) is 1. The van der Waals surface area contributed by atoms with E-state index in [2.05, 4.69) is 53.0 Å². The van der Waals surface area contributed by atoms with Crippen LogP contribution < -0.4 is 10.6 Å². The van der Waals surface area contributed by atoms with Crippen LogP contribution in [0.15, 0.2) is 71.3 Å². The molecular formula is C29H29N9O3. The number of aryl methyl sites for hydroxylation is 1. The van der Waals surface area contributed by atoms with Gasteiger partial charge in [-0.1, -0.05) is 30.3 Å². The number of pyridine rings is 1. The highest BCUT2D eigenvalue weighted by molar-refractivity contribution is 5.94. The molecule has 0 radical (unpaired) electrons. The molecule has 0 spiro atoms. The molecule has 2 N–H and O–H groups in total. The first-order chi connectivity index (χ1) is 19.9. The van der Waals surface area contributed by atoms with Crippen molar-refractivity contribution in [1.29, 1.82) is 0 Å². The zero-order valence-corrected chi connectivity index (χ0v) is 22.7. The number of benzene rings is 2. The molecule has 3 aromatic heterocycles. The van der Waals surface area contributed by atoms with Crippen LogP contribution in [-0.2, 0) is 11.8 Å². The fourth-order valence-electron chi connectivity index (χ4n) is 5.15. The lowest BCUT2D eigenvalue weighted by atomic mass is 9.98. The van der Waals surface area contributed by atoms with E-state index >= 15 is 0 Å². The Morgan fingerprint density at radius 3 is 2.59 bits per heavy atom. The zero-order chi connectivity index (χ0) is 28.3. The molecular weight excluding hydrogens is 522 g/mol. The number of rotatable bonds is 7. The van der Waals surface area contributed by atoms with E-state index in [1.54, 1.807) is 43.6 Å². The van der Waals surface area contributed by atoms with Gasteiger partial charge in [-0.3, -0.25) is 19.5 Å². The Morgan fingerprint density at radius 2 is 1.85 bits per heavy atom. The summed E-state index contributed by atoms with van der Waals surface area (Å²) in [6, 6.07) is 18.7. The molecule has 4 heterocycles. The molecule has 1 aliphatic rings. The maximum absolute atomic E-state index is 13.2. The summed E-state index contributed by atoms with van der Waals surface area (Å²) in [4.78, 5) is 37.2. The fraction of sp³-hybridized carbons (Fsp3) is 0.276. The Hall–Kier alpha value is -4.97. The quantitative estimate of drug-likeness (QED) is 0.311. The molecule has 12 heteroatoms. The molecule has 1 saturated heterocycles. The number of fused-ring (bicyclic) bond motifs is 1. The van der Waals surface area contributed by atoms with Gasteiger partial charge in [-0.25, -0.2) is 4.98 Å². The standard InChI is InChI=1S/C29H29N9O3/c1-18(39)31-22-8-9-25-23(17-22)33-29(41-25)20-10-13-30-24(16-20)28(40)32-21-11-14-38(15-12-21)26(19-6-4-3-5-7-19)27-34-36-37(2)35-27/h3-10,13,16-17,21,26H,11-12,14-15H2,1-2H3,(H,31,39)(H,32,40). The second-order valence-electron chi connectivity index (χ2n) is 10.0. The monoisotopic (exact) mass is 551 g/mol. The number of piperidine rings is 1. The second kappa shape index (κ2) is 11.3. The summed E-state index contributed by atoms with van der Waals surface area (Å²) in [5, 5.41) is 18.7. The first-order valence-corrected chi connectivity index (χ1v) is 13.4. The lowest BCUT2D eigenvalue weighted by Gasteiger charge is -2.36. The molecule has 2 amide bonds. The Kier molecular flexibility index (Phi) is 7.21. The second-order valence-corrected chi connectivity index (χ2v) is 10.0. The average Bonchev–Trinajstić information content (AvgIpc) is 3.60. The minimum atomic E-state index is -0.246. The molecule has 1 aliphatic heterocycles. The highest BCUT2D eigenvalue weighted by Crippen LogP contribution is 2.29. The number of carbonyl (C=O) groups excluding carboxylic acids is 2. The van der Waals surface area contributed by atoms with Crippen molar-refractivity contribution in [3.05, 3.63) is 83.9 Å². The van der Waals surface area contributed by atoms with Crippen molar-refractivity contribution in [3.63, 3.8) is 0 Å². The van der Waals surface area contributed by atoms with Crippen LogP contribution in [0.4, 0.5) is 5.69 Å². The number of tetrazole rings is 1. The van der Waals surface area contributed by atoms with Gasteiger partial charge in [-0.05, 0) is 54.0 Å². The Bertz CT molecular complexity index is 1690. The molecule has 1 unspecified atom stereocenters. The summed E-state index contributed by atoms with van der Waals surface area (Å²) >= 11 is 0. The van der Waals surface area contributed by atoms with Crippen molar-refractivity contribution in [2.45, 2.75) is 31.8 Å². The molecule has 41 heavy (non-hydrogen) atoms. The van der Waals surface area contributed by atoms with Crippen molar-refractivity contribution in [2.75, 3.05) is 18.4 Å². The van der Waals surface area contributed by atoms with E-state index in [1.807, 2.05) is 18.2 Å². The van der Waals surface area contributed by atoms with Crippen LogP contribution in [0.25, 0.3) is 22.6 Å². The molecule has 0 aliphatic carbocycles. The minimum absolute atomic E-state index is 0.00645. The lowest BCUT2D eigenvalue weighted by molar-refractivity contribution is -0.114. The largest absolute Gasteiger partial charge is 0.436 e. The smallest absolute Gasteiger partial charge is 0.270 e. The molecule has 1 atom stereocenters. The Morgan fingerprint density at radius 1 is 1.05 bits per heavy atom. The van der Waals surface area contributed by atoms with Crippen molar-refractivity contribution >= 4 is 28.6 Å². The van der Waals surface area contributed by atoms with Crippen LogP contribution in [0.1, 0.15) is 47.7 Å². The zero-order valence-electron chi connectivity index (χ0n) is 22.7. The molecule has 1 fully saturated rings. The van der Waals surface area contributed by atoms with Gasteiger partial charge in [0.15, 0.2) is 11.4 Å². The van der Waals surface area contributed by atoms with Gasteiger partial charge < -0.3 is 15.1 Å². The lowest BCUT2D eigenvalue weighted by Crippen LogP contribution is -2.46. The highest BCUT2D eigenvalue weighted by Gasteiger charge is 2.31. The summed E-state index contributed by atoms with van der Waals surface area (Å²) in [6.07, 6.45) is 3.12. The molecule has 12 nitrogen and oxygen atoms in total. The topological polar surface area (TPSA) is 144 Å². The Balaban J connectivity index is 1.12. The number of amides is 2. The van der Waals surface area contributed by atoms with Crippen LogP contribution in [0.3, 0.4) is 0 Å². The van der Waals surface area contributed by atoms with E-state index in [4.69, 9.17) is 4.42 Å². The number of carbonyl (C=O) groups is 2. The van der Waals surface area contributed by atoms with E-state index in [0.717, 1.165) is 31.5 Å². The number of nitrogens with zero attached hydrogens (tertiary/aromatic N) is 7. The third-order valence-corrected chi connectivity index (χ3v) is 7.06. The SMILES string of the molecule is CC(=O)Nc1ccc2oc(-c3ccnc(C(=O)NC4CCN(C(c5ccccc5)c5nnn(C)n5)CC4)c3)nc2c1. The summed E-state index contributed by atoms with van der Waals surface area (Å²) in [7, 11) is 1.76. The summed E-state index contributed by atoms with van der Waals surface area (Å²) in [5.41, 5.74) is 3.85. The first kappa shape index (κ1) is 26.3. The van der Waals surface area contributed by atoms with Gasteiger partial charge >= 0.3 is 0 Å². The van der Waals surface area contributed by atoms with Gasteiger partial charge in [-0.15, -0.1) is 10.2 Å². The normalized spacial score (nSPS) is 15.1. The van der Waals surface area contributed by atoms with Crippen molar-refractivity contribution in [3.8, 4) is 11.5 Å². The summed E-state index contributed by atoms with van der Waals surface area (Å²) in [5.74, 6) is 0.619. The van der Waals surface area contributed by atoms with Gasteiger partial charge in [0, 0.05) is 43.5 Å². The van der Waals surface area contributed by atoms with E-state index in [1.165, 1.54) is 11.7 Å². The molecule has 5 aromatic rings. The van der Waals surface area contributed by atoms with Gasteiger partial charge in [0.1, 0.15) is 11.2 Å². The van der Waals surface area contributed by atoms with E-state index in [9.17, 15) is 9.59 Å². The predicted molar refractivity (Wildman–Crippen MR) is 151 cm³/mol. The summed E-state index contributed by atoms with van der Waals surface area (Å²) in [6.45, 7) is 2.98. The molecule has 0 bridgehead atoms. The average molecular weight is 552 g/mol. The molecule has 2 aromatic carbocycles. The van der Waals surface area contributed by atoms with Crippen molar-refractivity contribution < 1.29 is 14.0 Å². The number of anilines is 1. The third-order valence-electron chi connectivity index (χ3n) is 7.06. The van der Waals surface area contributed by atoms with Crippen LogP contribution in [0.2, 0.25) is 0 Å². The molecule has 6 rings (SSSR count). The summed E-state index contributed by atoms with van der Waals surface area (Å²) < 4.78 is 5.90. The minimum Gasteiger partial charge on any atom is -0.436 e. The van der Waals surface area contributed by atoms with Crippen LogP contribution >= 0.6 is 0 Å². The third kappa shape index (κ3) is 5.82. The Labute approximate surface area is 235 Å².